The molecule has 0 saturated carbocycles. The van der Waals surface area contributed by atoms with Crippen molar-refractivity contribution in [1.82, 2.24) is 14.8 Å². The van der Waals surface area contributed by atoms with E-state index < -0.39 is 0 Å². The molecule has 0 amide bonds. The summed E-state index contributed by atoms with van der Waals surface area (Å²) in [7, 11) is 0. The molecule has 0 fully saturated rings. The Hall–Kier alpha value is -1.45. The van der Waals surface area contributed by atoms with Crippen molar-refractivity contribution in [2.75, 3.05) is 0 Å². The van der Waals surface area contributed by atoms with Gasteiger partial charge in [-0.15, -0.1) is 0 Å². The van der Waals surface area contributed by atoms with Gasteiger partial charge in [0, 0.05) is 5.70 Å². The Balaban J connectivity index is 2.86. The third-order valence-electron chi connectivity index (χ3n) is 1.09. The van der Waals surface area contributed by atoms with Crippen LogP contribution in [0.25, 0.3) is 5.70 Å². The molecular weight excluding hydrogens is 130 g/mol. The lowest BCUT2D eigenvalue weighted by atomic mass is 10.5. The number of carbonyl (C=O) groups excluding carboxylic acids is 1. The van der Waals surface area contributed by atoms with Crippen LogP contribution in [0.1, 0.15) is 6.92 Å². The maximum Gasteiger partial charge on any atom is 0.144 e. The molecule has 0 atom stereocenters. The third kappa shape index (κ3) is 1.28. The van der Waals surface area contributed by atoms with Gasteiger partial charge in [0.15, 0.2) is 0 Å². The van der Waals surface area contributed by atoms with Gasteiger partial charge in [-0.3, -0.25) is 4.79 Å². The maximum atomic E-state index is 9.97. The zero-order chi connectivity index (χ0) is 7.40. The number of allylic oxidation sites excluding steroid dienone is 2. The van der Waals surface area contributed by atoms with Crippen LogP contribution in [0.4, 0.5) is 0 Å². The molecule has 0 spiro atoms. The van der Waals surface area contributed by atoms with Crippen LogP contribution >= 0.6 is 0 Å². The first-order chi connectivity index (χ1) is 4.84. The van der Waals surface area contributed by atoms with Gasteiger partial charge >= 0.3 is 0 Å². The number of nitrogens with zero attached hydrogens (tertiary/aromatic N) is 3. The van der Waals surface area contributed by atoms with Gasteiger partial charge in [-0.25, -0.2) is 9.67 Å². The molecule has 0 bridgehead atoms. The Bertz CT molecular complexity index is 238. The van der Waals surface area contributed by atoms with E-state index in [0.717, 1.165) is 12.0 Å². The summed E-state index contributed by atoms with van der Waals surface area (Å²) in [6.07, 6.45) is 5.10. The highest BCUT2D eigenvalue weighted by atomic mass is 16.1. The van der Waals surface area contributed by atoms with E-state index in [-0.39, 0.29) is 0 Å². The van der Waals surface area contributed by atoms with E-state index in [4.69, 9.17) is 0 Å². The highest BCUT2D eigenvalue weighted by molar-refractivity contribution is 5.73. The molecule has 0 N–H and O–H groups in total. The second kappa shape index (κ2) is 2.91. The van der Waals surface area contributed by atoms with Gasteiger partial charge in [0.25, 0.3) is 0 Å². The summed E-state index contributed by atoms with van der Waals surface area (Å²) in [6.45, 7) is 1.78. The lowest BCUT2D eigenvalue weighted by Gasteiger charge is -1.94. The molecule has 4 heteroatoms. The Morgan fingerprint density at radius 2 is 2.50 bits per heavy atom. The Morgan fingerprint density at radius 1 is 1.70 bits per heavy atom. The van der Waals surface area contributed by atoms with Crippen LogP contribution in [-0.4, -0.2) is 21.1 Å². The lowest BCUT2D eigenvalue weighted by molar-refractivity contribution is -0.104. The second-order valence-corrected chi connectivity index (χ2v) is 1.78. The standard InChI is InChI=1S/C6H7N3O/c1-6(2-3-10)9-5-7-4-8-9/h2-5H,1H3. The van der Waals surface area contributed by atoms with Crippen molar-refractivity contribution in [2.45, 2.75) is 6.92 Å². The minimum atomic E-state index is 0.719. The average molecular weight is 137 g/mol. The van der Waals surface area contributed by atoms with E-state index in [9.17, 15) is 4.79 Å². The van der Waals surface area contributed by atoms with Crippen LogP contribution < -0.4 is 0 Å². The van der Waals surface area contributed by atoms with Crippen molar-refractivity contribution in [3.8, 4) is 0 Å². The van der Waals surface area contributed by atoms with Gasteiger partial charge in [0.2, 0.25) is 0 Å². The first-order valence-electron chi connectivity index (χ1n) is 2.81. The highest BCUT2D eigenvalue weighted by Crippen LogP contribution is 1.95. The van der Waals surface area contributed by atoms with Crippen LogP contribution in [0.15, 0.2) is 18.7 Å². The molecule has 0 aliphatic heterocycles. The van der Waals surface area contributed by atoms with Crippen molar-refractivity contribution >= 4 is 12.0 Å². The smallest absolute Gasteiger partial charge is 0.144 e. The van der Waals surface area contributed by atoms with E-state index in [1.807, 2.05) is 0 Å². The summed E-state index contributed by atoms with van der Waals surface area (Å²) >= 11 is 0. The molecule has 1 aromatic rings. The molecule has 0 aliphatic carbocycles. The van der Waals surface area contributed by atoms with Crippen LogP contribution in [-0.2, 0) is 4.79 Å². The molecule has 52 valence electrons. The van der Waals surface area contributed by atoms with Crippen LogP contribution in [0, 0.1) is 0 Å². The Labute approximate surface area is 58.2 Å². The van der Waals surface area contributed by atoms with Gasteiger partial charge in [0.05, 0.1) is 0 Å². The van der Waals surface area contributed by atoms with E-state index in [0.29, 0.717) is 0 Å². The minimum absolute atomic E-state index is 0.719. The fourth-order valence-corrected chi connectivity index (χ4v) is 0.565. The minimum Gasteiger partial charge on any atom is -0.298 e. The number of rotatable bonds is 2. The predicted molar refractivity (Wildman–Crippen MR) is 36.0 cm³/mol. The van der Waals surface area contributed by atoms with Crippen LogP contribution in [0.2, 0.25) is 0 Å². The fraction of sp³-hybridized carbons (Fsp3) is 0.167. The molecule has 0 radical (unpaired) electrons. The molecule has 0 aliphatic rings. The van der Waals surface area contributed by atoms with Gasteiger partial charge in [-0.1, -0.05) is 0 Å². The quantitative estimate of drug-likeness (QED) is 0.436. The third-order valence-corrected chi connectivity index (χ3v) is 1.09. The second-order valence-electron chi connectivity index (χ2n) is 1.78. The van der Waals surface area contributed by atoms with Crippen molar-refractivity contribution in [3.05, 3.63) is 18.7 Å². The molecule has 4 nitrogen and oxygen atoms in total. The molecule has 1 heterocycles. The monoisotopic (exact) mass is 137 g/mol. The fourth-order valence-electron chi connectivity index (χ4n) is 0.565. The normalized spacial score (nSPS) is 11.5. The Kier molecular flexibility index (Phi) is 1.94. The highest BCUT2D eigenvalue weighted by Gasteiger charge is 1.90. The lowest BCUT2D eigenvalue weighted by Crippen LogP contribution is -1.93. The number of carbonyl (C=O) groups is 1. The van der Waals surface area contributed by atoms with E-state index in [1.54, 1.807) is 6.92 Å². The van der Waals surface area contributed by atoms with Gasteiger partial charge in [-0.05, 0) is 13.0 Å². The number of hydrogen-bond donors (Lipinski definition) is 0. The summed E-state index contributed by atoms with van der Waals surface area (Å²) in [5, 5.41) is 3.81. The molecule has 0 saturated heterocycles. The van der Waals surface area contributed by atoms with Crippen LogP contribution in [0.3, 0.4) is 0 Å². The van der Waals surface area contributed by atoms with E-state index in [2.05, 4.69) is 10.1 Å². The predicted octanol–water partition coefficient (Wildman–Crippen LogP) is 0.338. The van der Waals surface area contributed by atoms with Crippen molar-refractivity contribution in [1.29, 1.82) is 0 Å². The van der Waals surface area contributed by atoms with Crippen molar-refractivity contribution in [2.24, 2.45) is 0 Å². The Morgan fingerprint density at radius 3 is 3.00 bits per heavy atom. The molecule has 10 heavy (non-hydrogen) atoms. The maximum absolute atomic E-state index is 9.97. The van der Waals surface area contributed by atoms with Gasteiger partial charge < -0.3 is 0 Å². The van der Waals surface area contributed by atoms with E-state index in [1.165, 1.54) is 23.4 Å². The number of aldehydes is 1. The molecule has 1 rings (SSSR count). The largest absolute Gasteiger partial charge is 0.298 e. The SMILES string of the molecule is CC(=CC=O)n1cncn1. The summed E-state index contributed by atoms with van der Waals surface area (Å²) in [4.78, 5) is 13.7. The molecule has 0 unspecified atom stereocenters. The zero-order valence-corrected chi connectivity index (χ0v) is 5.56. The van der Waals surface area contributed by atoms with Crippen LogP contribution in [0.5, 0.6) is 0 Å². The van der Waals surface area contributed by atoms with Crippen molar-refractivity contribution in [3.63, 3.8) is 0 Å². The molecule has 1 aromatic heterocycles. The summed E-state index contributed by atoms with van der Waals surface area (Å²) in [5.41, 5.74) is 0.757. The number of aromatic nitrogens is 3. The van der Waals surface area contributed by atoms with Gasteiger partial charge in [-0.2, -0.15) is 5.10 Å². The first-order valence-corrected chi connectivity index (χ1v) is 2.81. The number of hydrogen-bond acceptors (Lipinski definition) is 3. The first kappa shape index (κ1) is 6.67. The van der Waals surface area contributed by atoms with Gasteiger partial charge in [0.1, 0.15) is 18.9 Å². The van der Waals surface area contributed by atoms with Crippen molar-refractivity contribution < 1.29 is 4.79 Å². The summed E-state index contributed by atoms with van der Waals surface area (Å²) in [6, 6.07) is 0. The zero-order valence-electron chi connectivity index (χ0n) is 5.56. The average Bonchev–Trinajstić information content (AvgIpc) is 2.38. The summed E-state index contributed by atoms with van der Waals surface area (Å²) in [5.74, 6) is 0. The van der Waals surface area contributed by atoms with E-state index >= 15 is 0 Å². The summed E-state index contributed by atoms with van der Waals surface area (Å²) < 4.78 is 1.52. The topological polar surface area (TPSA) is 47.8 Å². The molecule has 0 aromatic carbocycles. The molecular formula is C6H7N3O.